The smallest absolute Gasteiger partial charge is 0.138 e. The topological polar surface area (TPSA) is 43.1 Å². The van der Waals surface area contributed by atoms with E-state index in [4.69, 9.17) is 5.73 Å². The highest BCUT2D eigenvalue weighted by molar-refractivity contribution is 5.83. The zero-order chi connectivity index (χ0) is 9.68. The van der Waals surface area contributed by atoms with Gasteiger partial charge in [0.25, 0.3) is 0 Å². The molecule has 1 atom stereocenters. The summed E-state index contributed by atoms with van der Waals surface area (Å²) in [6, 6.07) is 0. The van der Waals surface area contributed by atoms with Crippen LogP contribution < -0.4 is 5.73 Å². The minimum Gasteiger partial charge on any atom is -0.330 e. The zero-order valence-electron chi connectivity index (χ0n) is 8.59. The Balaban J connectivity index is 2.28. The van der Waals surface area contributed by atoms with Crippen LogP contribution in [0.4, 0.5) is 0 Å². The van der Waals surface area contributed by atoms with E-state index in [9.17, 15) is 4.79 Å². The Morgan fingerprint density at radius 3 is 2.62 bits per heavy atom. The van der Waals surface area contributed by atoms with Gasteiger partial charge in [-0.2, -0.15) is 0 Å². The molecule has 0 aromatic rings. The third kappa shape index (κ3) is 3.11. The molecule has 2 nitrogen and oxygen atoms in total. The van der Waals surface area contributed by atoms with Gasteiger partial charge < -0.3 is 5.73 Å². The molecule has 76 valence electrons. The van der Waals surface area contributed by atoms with Gasteiger partial charge in [0.15, 0.2) is 0 Å². The summed E-state index contributed by atoms with van der Waals surface area (Å²) >= 11 is 0. The van der Waals surface area contributed by atoms with Crippen molar-refractivity contribution in [2.45, 2.75) is 45.4 Å². The average molecular weight is 183 g/mol. The summed E-state index contributed by atoms with van der Waals surface area (Å²) in [6.45, 7) is 2.76. The SMILES string of the molecule is CC(CCCN)C(=O)C1CCCC1. The lowest BCUT2D eigenvalue weighted by Gasteiger charge is -2.14. The first-order chi connectivity index (χ1) is 6.25. The molecule has 0 saturated heterocycles. The zero-order valence-corrected chi connectivity index (χ0v) is 8.59. The lowest BCUT2D eigenvalue weighted by Crippen LogP contribution is -2.20. The van der Waals surface area contributed by atoms with Gasteiger partial charge in [-0.05, 0) is 32.2 Å². The highest BCUT2D eigenvalue weighted by Crippen LogP contribution is 2.28. The van der Waals surface area contributed by atoms with Gasteiger partial charge in [0.2, 0.25) is 0 Å². The monoisotopic (exact) mass is 183 g/mol. The maximum atomic E-state index is 11.8. The molecule has 13 heavy (non-hydrogen) atoms. The van der Waals surface area contributed by atoms with E-state index in [0.29, 0.717) is 18.2 Å². The maximum absolute atomic E-state index is 11.8. The third-order valence-corrected chi connectivity index (χ3v) is 3.08. The first-order valence-electron chi connectivity index (χ1n) is 5.49. The van der Waals surface area contributed by atoms with Gasteiger partial charge in [0.05, 0.1) is 0 Å². The molecule has 0 heterocycles. The Kier molecular flexibility index (Phi) is 4.43. The number of Topliss-reactive ketones (excluding diaryl/α,β-unsaturated/α-hetero) is 1. The molecule has 0 aromatic carbocycles. The van der Waals surface area contributed by atoms with Crippen LogP contribution in [0.25, 0.3) is 0 Å². The van der Waals surface area contributed by atoms with Gasteiger partial charge in [0.1, 0.15) is 5.78 Å². The average Bonchev–Trinajstić information content (AvgIpc) is 2.65. The lowest BCUT2D eigenvalue weighted by molar-refractivity contribution is -0.126. The highest BCUT2D eigenvalue weighted by Gasteiger charge is 2.25. The Labute approximate surface area is 80.9 Å². The fourth-order valence-corrected chi connectivity index (χ4v) is 2.18. The predicted octanol–water partition coefficient (Wildman–Crippen LogP) is 2.12. The van der Waals surface area contributed by atoms with Crippen molar-refractivity contribution < 1.29 is 4.79 Å². The fraction of sp³-hybridized carbons (Fsp3) is 0.909. The van der Waals surface area contributed by atoms with Crippen molar-refractivity contribution in [3.63, 3.8) is 0 Å². The molecule has 1 fully saturated rings. The van der Waals surface area contributed by atoms with Gasteiger partial charge in [-0.25, -0.2) is 0 Å². The van der Waals surface area contributed by atoms with Crippen LogP contribution in [0.3, 0.4) is 0 Å². The predicted molar refractivity (Wildman–Crippen MR) is 54.4 cm³/mol. The molecule has 0 radical (unpaired) electrons. The van der Waals surface area contributed by atoms with E-state index in [-0.39, 0.29) is 5.92 Å². The van der Waals surface area contributed by atoms with Crippen LogP contribution in [0.15, 0.2) is 0 Å². The Morgan fingerprint density at radius 1 is 1.46 bits per heavy atom. The Hall–Kier alpha value is -0.370. The molecule has 1 aliphatic carbocycles. The Morgan fingerprint density at radius 2 is 2.08 bits per heavy atom. The molecule has 1 aliphatic rings. The molecule has 1 unspecified atom stereocenters. The van der Waals surface area contributed by atoms with Crippen LogP contribution in [0, 0.1) is 11.8 Å². The van der Waals surface area contributed by atoms with E-state index in [1.807, 2.05) is 0 Å². The molecule has 0 amide bonds. The molecule has 1 rings (SSSR count). The molecule has 1 saturated carbocycles. The molecule has 2 heteroatoms. The van der Waals surface area contributed by atoms with E-state index < -0.39 is 0 Å². The molecule has 0 bridgehead atoms. The van der Waals surface area contributed by atoms with E-state index in [1.54, 1.807) is 0 Å². The van der Waals surface area contributed by atoms with Crippen LogP contribution in [0.2, 0.25) is 0 Å². The summed E-state index contributed by atoms with van der Waals surface area (Å²) in [5, 5.41) is 0. The normalized spacial score (nSPS) is 20.5. The lowest BCUT2D eigenvalue weighted by atomic mass is 9.90. The van der Waals surface area contributed by atoms with Gasteiger partial charge in [-0.3, -0.25) is 4.79 Å². The number of rotatable bonds is 5. The number of nitrogens with two attached hydrogens (primary N) is 1. The summed E-state index contributed by atoms with van der Waals surface area (Å²) < 4.78 is 0. The highest BCUT2D eigenvalue weighted by atomic mass is 16.1. The summed E-state index contributed by atoms with van der Waals surface area (Å²) in [7, 11) is 0. The third-order valence-electron chi connectivity index (χ3n) is 3.08. The van der Waals surface area contributed by atoms with E-state index in [2.05, 4.69) is 6.92 Å². The van der Waals surface area contributed by atoms with Crippen LogP contribution >= 0.6 is 0 Å². The Bertz CT molecular complexity index is 161. The quantitative estimate of drug-likeness (QED) is 0.709. The van der Waals surface area contributed by atoms with E-state index >= 15 is 0 Å². The minimum atomic E-state index is 0.242. The van der Waals surface area contributed by atoms with Crippen molar-refractivity contribution in [3.05, 3.63) is 0 Å². The number of hydrogen-bond acceptors (Lipinski definition) is 2. The largest absolute Gasteiger partial charge is 0.330 e. The van der Waals surface area contributed by atoms with Gasteiger partial charge in [-0.1, -0.05) is 19.8 Å². The molecule has 2 N–H and O–H groups in total. The second-order valence-electron chi connectivity index (χ2n) is 4.22. The summed E-state index contributed by atoms with van der Waals surface area (Å²) in [5.74, 6) is 1.12. The van der Waals surface area contributed by atoms with Gasteiger partial charge in [0, 0.05) is 11.8 Å². The standard InChI is InChI=1S/C11H21NO/c1-9(5-4-8-12)11(13)10-6-2-3-7-10/h9-10H,2-8,12H2,1H3. The number of carbonyl (C=O) groups excluding carboxylic acids is 1. The van der Waals surface area contributed by atoms with Gasteiger partial charge in [-0.15, -0.1) is 0 Å². The summed E-state index contributed by atoms with van der Waals surface area (Å²) in [4.78, 5) is 11.8. The maximum Gasteiger partial charge on any atom is 0.138 e. The number of carbonyl (C=O) groups is 1. The second-order valence-corrected chi connectivity index (χ2v) is 4.22. The fourth-order valence-electron chi connectivity index (χ4n) is 2.18. The van der Waals surface area contributed by atoms with E-state index in [1.165, 1.54) is 12.8 Å². The van der Waals surface area contributed by atoms with Crippen molar-refractivity contribution >= 4 is 5.78 Å². The van der Waals surface area contributed by atoms with Crippen LogP contribution in [-0.4, -0.2) is 12.3 Å². The molecule has 0 spiro atoms. The second kappa shape index (κ2) is 5.38. The van der Waals surface area contributed by atoms with Crippen molar-refractivity contribution in [1.29, 1.82) is 0 Å². The van der Waals surface area contributed by atoms with Crippen LogP contribution in [0.1, 0.15) is 45.4 Å². The molecular weight excluding hydrogens is 162 g/mol. The van der Waals surface area contributed by atoms with Crippen molar-refractivity contribution in [2.75, 3.05) is 6.54 Å². The number of hydrogen-bond donors (Lipinski definition) is 1. The van der Waals surface area contributed by atoms with Crippen molar-refractivity contribution in [2.24, 2.45) is 17.6 Å². The van der Waals surface area contributed by atoms with Crippen molar-refractivity contribution in [1.82, 2.24) is 0 Å². The summed E-state index contributed by atoms with van der Waals surface area (Å²) in [5.41, 5.74) is 5.42. The summed E-state index contributed by atoms with van der Waals surface area (Å²) in [6.07, 6.45) is 6.73. The first kappa shape index (κ1) is 10.7. The van der Waals surface area contributed by atoms with E-state index in [0.717, 1.165) is 25.7 Å². The molecular formula is C11H21NO. The molecule has 0 aliphatic heterocycles. The van der Waals surface area contributed by atoms with Crippen LogP contribution in [-0.2, 0) is 4.79 Å². The first-order valence-corrected chi connectivity index (χ1v) is 5.49. The van der Waals surface area contributed by atoms with Crippen LogP contribution in [0.5, 0.6) is 0 Å². The minimum absolute atomic E-state index is 0.242. The molecule has 0 aromatic heterocycles. The van der Waals surface area contributed by atoms with Gasteiger partial charge >= 0.3 is 0 Å². The number of ketones is 1. The van der Waals surface area contributed by atoms with Crippen molar-refractivity contribution in [3.8, 4) is 0 Å².